The number of hydrogen-bond donors (Lipinski definition) is 1. The van der Waals surface area contributed by atoms with E-state index in [2.05, 4.69) is 12.6 Å². The van der Waals surface area contributed by atoms with E-state index in [9.17, 15) is 4.39 Å². The molecular formula is C8H6FNS. The molecule has 0 aliphatic rings. The third-order valence-electron chi connectivity index (χ3n) is 1.44. The maximum atomic E-state index is 13.0. The lowest BCUT2D eigenvalue weighted by atomic mass is 10.1. The summed E-state index contributed by atoms with van der Waals surface area (Å²) >= 11 is 3.84. The van der Waals surface area contributed by atoms with Crippen LogP contribution in [-0.2, 0) is 0 Å². The van der Waals surface area contributed by atoms with Gasteiger partial charge in [0.25, 0.3) is 0 Å². The molecule has 0 spiro atoms. The lowest BCUT2D eigenvalue weighted by Crippen LogP contribution is -1.89. The molecule has 3 heteroatoms. The highest BCUT2D eigenvalue weighted by molar-refractivity contribution is 7.80. The summed E-state index contributed by atoms with van der Waals surface area (Å²) in [6.07, 6.45) is 0. The Hall–Kier alpha value is -1.01. The number of aryl methyl sites for hydroxylation is 1. The Morgan fingerprint density at radius 1 is 1.55 bits per heavy atom. The Labute approximate surface area is 69.9 Å². The molecule has 1 aromatic rings. The molecule has 56 valence electrons. The van der Waals surface area contributed by atoms with Crippen LogP contribution < -0.4 is 0 Å². The Morgan fingerprint density at radius 2 is 2.18 bits per heavy atom. The SMILES string of the molecule is Cc1ccc(S)c(F)c1C#N. The average Bonchev–Trinajstić information content (AvgIpc) is 1.99. The maximum absolute atomic E-state index is 13.0. The van der Waals surface area contributed by atoms with Crippen molar-refractivity contribution in [1.29, 1.82) is 5.26 Å². The normalized spacial score (nSPS) is 9.27. The van der Waals surface area contributed by atoms with Crippen LogP contribution in [0.15, 0.2) is 17.0 Å². The second-order valence-electron chi connectivity index (χ2n) is 2.20. The second kappa shape index (κ2) is 2.93. The number of rotatable bonds is 0. The summed E-state index contributed by atoms with van der Waals surface area (Å²) in [6, 6.07) is 4.99. The fraction of sp³-hybridized carbons (Fsp3) is 0.125. The Morgan fingerprint density at radius 3 is 2.64 bits per heavy atom. The number of thiol groups is 1. The number of benzene rings is 1. The van der Waals surface area contributed by atoms with Gasteiger partial charge in [0.1, 0.15) is 6.07 Å². The third-order valence-corrected chi connectivity index (χ3v) is 1.79. The van der Waals surface area contributed by atoms with Crippen LogP contribution in [0.3, 0.4) is 0 Å². The van der Waals surface area contributed by atoms with Crippen LogP contribution in [0.5, 0.6) is 0 Å². The molecule has 1 aromatic carbocycles. The molecule has 0 unspecified atom stereocenters. The van der Waals surface area contributed by atoms with Crippen LogP contribution in [0, 0.1) is 24.1 Å². The molecule has 0 heterocycles. The summed E-state index contributed by atoms with van der Waals surface area (Å²) in [5.74, 6) is -0.532. The van der Waals surface area contributed by atoms with E-state index in [1.807, 2.05) is 0 Å². The summed E-state index contributed by atoms with van der Waals surface area (Å²) in [5.41, 5.74) is 0.723. The van der Waals surface area contributed by atoms with Crippen molar-refractivity contribution in [3.63, 3.8) is 0 Å². The first-order valence-corrected chi connectivity index (χ1v) is 3.49. The zero-order valence-corrected chi connectivity index (χ0v) is 6.82. The topological polar surface area (TPSA) is 23.8 Å². The zero-order chi connectivity index (χ0) is 8.43. The van der Waals surface area contributed by atoms with Crippen molar-refractivity contribution in [3.05, 3.63) is 29.1 Å². The van der Waals surface area contributed by atoms with Gasteiger partial charge in [-0.3, -0.25) is 0 Å². The van der Waals surface area contributed by atoms with Crippen molar-refractivity contribution in [2.75, 3.05) is 0 Å². The van der Waals surface area contributed by atoms with Crippen LogP contribution in [0.2, 0.25) is 0 Å². The van der Waals surface area contributed by atoms with E-state index in [0.717, 1.165) is 0 Å². The van der Waals surface area contributed by atoms with Crippen LogP contribution in [0.25, 0.3) is 0 Å². The summed E-state index contributed by atoms with van der Waals surface area (Å²) in [7, 11) is 0. The summed E-state index contributed by atoms with van der Waals surface area (Å²) < 4.78 is 13.0. The molecule has 1 nitrogen and oxygen atoms in total. The maximum Gasteiger partial charge on any atom is 0.154 e. The fourth-order valence-electron chi connectivity index (χ4n) is 0.799. The van der Waals surface area contributed by atoms with Gasteiger partial charge in [0.15, 0.2) is 5.82 Å². The van der Waals surface area contributed by atoms with E-state index in [-0.39, 0.29) is 10.5 Å². The van der Waals surface area contributed by atoms with Gasteiger partial charge in [-0.2, -0.15) is 5.26 Å². The third kappa shape index (κ3) is 1.36. The first-order chi connectivity index (χ1) is 5.16. The number of hydrogen-bond acceptors (Lipinski definition) is 2. The minimum Gasteiger partial charge on any atom is -0.204 e. The van der Waals surface area contributed by atoms with Gasteiger partial charge in [0, 0.05) is 4.90 Å². The summed E-state index contributed by atoms with van der Waals surface area (Å²) in [4.78, 5) is 0.215. The molecule has 0 saturated carbocycles. The monoisotopic (exact) mass is 167 g/mol. The first-order valence-electron chi connectivity index (χ1n) is 3.05. The fourth-order valence-corrected chi connectivity index (χ4v) is 0.985. The highest BCUT2D eigenvalue weighted by Crippen LogP contribution is 2.18. The minimum absolute atomic E-state index is 0.0810. The molecular weight excluding hydrogens is 161 g/mol. The molecule has 0 N–H and O–H groups in total. The molecule has 11 heavy (non-hydrogen) atoms. The van der Waals surface area contributed by atoms with Gasteiger partial charge in [0.2, 0.25) is 0 Å². The smallest absolute Gasteiger partial charge is 0.154 e. The average molecular weight is 167 g/mol. The number of nitrogens with zero attached hydrogens (tertiary/aromatic N) is 1. The second-order valence-corrected chi connectivity index (χ2v) is 2.68. The van der Waals surface area contributed by atoms with Crippen molar-refractivity contribution in [2.45, 2.75) is 11.8 Å². The summed E-state index contributed by atoms with van der Waals surface area (Å²) in [6.45, 7) is 1.69. The van der Waals surface area contributed by atoms with Crippen LogP contribution in [0.4, 0.5) is 4.39 Å². The molecule has 0 radical (unpaired) electrons. The molecule has 0 aliphatic heterocycles. The standard InChI is InChI=1S/C8H6FNS/c1-5-2-3-7(11)8(9)6(5)4-10/h2-3,11H,1H3. The Bertz CT molecular complexity index is 328. The van der Waals surface area contributed by atoms with Crippen LogP contribution in [-0.4, -0.2) is 0 Å². The van der Waals surface area contributed by atoms with E-state index in [0.29, 0.717) is 5.56 Å². The zero-order valence-electron chi connectivity index (χ0n) is 5.93. The molecule has 0 amide bonds. The van der Waals surface area contributed by atoms with E-state index >= 15 is 0 Å². The van der Waals surface area contributed by atoms with Crippen molar-refractivity contribution >= 4 is 12.6 Å². The van der Waals surface area contributed by atoms with Crippen LogP contribution >= 0.6 is 12.6 Å². The van der Waals surface area contributed by atoms with Gasteiger partial charge in [0.05, 0.1) is 5.56 Å². The van der Waals surface area contributed by atoms with E-state index in [1.165, 1.54) is 6.07 Å². The molecule has 0 fully saturated rings. The van der Waals surface area contributed by atoms with Gasteiger partial charge in [-0.1, -0.05) is 6.07 Å². The molecule has 0 bridgehead atoms. The number of nitriles is 1. The largest absolute Gasteiger partial charge is 0.204 e. The Kier molecular flexibility index (Phi) is 2.16. The quantitative estimate of drug-likeness (QED) is 0.589. The van der Waals surface area contributed by atoms with E-state index in [1.54, 1.807) is 19.1 Å². The van der Waals surface area contributed by atoms with E-state index in [4.69, 9.17) is 5.26 Å². The molecule has 0 atom stereocenters. The lowest BCUT2D eigenvalue weighted by Gasteiger charge is -1.99. The molecule has 0 aromatic heterocycles. The Balaban J connectivity index is 3.44. The van der Waals surface area contributed by atoms with Gasteiger partial charge >= 0.3 is 0 Å². The molecule has 1 rings (SSSR count). The van der Waals surface area contributed by atoms with Crippen molar-refractivity contribution in [1.82, 2.24) is 0 Å². The lowest BCUT2D eigenvalue weighted by molar-refractivity contribution is 0.597. The van der Waals surface area contributed by atoms with Gasteiger partial charge < -0.3 is 0 Å². The van der Waals surface area contributed by atoms with Crippen molar-refractivity contribution in [3.8, 4) is 6.07 Å². The predicted octanol–water partition coefficient (Wildman–Crippen LogP) is 2.29. The minimum atomic E-state index is -0.532. The van der Waals surface area contributed by atoms with Crippen LogP contribution in [0.1, 0.15) is 11.1 Å². The van der Waals surface area contributed by atoms with Crippen molar-refractivity contribution < 1.29 is 4.39 Å². The summed E-state index contributed by atoms with van der Waals surface area (Å²) in [5, 5.41) is 8.50. The van der Waals surface area contributed by atoms with Gasteiger partial charge in [-0.15, -0.1) is 12.6 Å². The molecule has 0 aliphatic carbocycles. The molecule has 0 saturated heterocycles. The van der Waals surface area contributed by atoms with E-state index < -0.39 is 5.82 Å². The highest BCUT2D eigenvalue weighted by Gasteiger charge is 2.06. The highest BCUT2D eigenvalue weighted by atomic mass is 32.1. The van der Waals surface area contributed by atoms with Gasteiger partial charge in [-0.05, 0) is 18.6 Å². The van der Waals surface area contributed by atoms with Crippen molar-refractivity contribution in [2.24, 2.45) is 0 Å². The number of halogens is 1. The predicted molar refractivity (Wildman–Crippen MR) is 43.1 cm³/mol. The first kappa shape index (κ1) is 8.09. The van der Waals surface area contributed by atoms with Gasteiger partial charge in [-0.25, -0.2) is 4.39 Å².